The first-order chi connectivity index (χ1) is 20.4. The maximum atomic E-state index is 15.0. The maximum absolute atomic E-state index is 15.0. The number of pyridine rings is 1. The molecule has 228 valence electrons. The molecule has 1 saturated heterocycles. The summed E-state index contributed by atoms with van der Waals surface area (Å²) in [5.74, 6) is -2.02. The number of piperidine rings is 1. The summed E-state index contributed by atoms with van der Waals surface area (Å²) in [5, 5.41) is 12.8. The molecule has 0 atom stereocenters. The molecular formula is C30H34F4N8O. The quantitative estimate of drug-likeness (QED) is 0.344. The Bertz CT molecular complexity index is 1520. The van der Waals surface area contributed by atoms with E-state index in [4.69, 9.17) is 0 Å². The summed E-state index contributed by atoms with van der Waals surface area (Å²) >= 11 is 0. The average Bonchev–Trinajstić information content (AvgIpc) is 2.97. The molecule has 13 heteroatoms. The molecule has 2 aliphatic heterocycles. The van der Waals surface area contributed by atoms with E-state index in [1.165, 1.54) is 11.0 Å². The number of alkyl halides is 2. The van der Waals surface area contributed by atoms with Crippen LogP contribution in [0.2, 0.25) is 0 Å². The highest BCUT2D eigenvalue weighted by molar-refractivity contribution is 5.73. The highest BCUT2D eigenvalue weighted by atomic mass is 19.3. The van der Waals surface area contributed by atoms with E-state index in [1.54, 1.807) is 19.9 Å². The molecule has 3 aromatic rings. The molecule has 0 aliphatic carbocycles. The minimum absolute atomic E-state index is 0.0246. The first-order valence-corrected chi connectivity index (χ1v) is 14.2. The van der Waals surface area contributed by atoms with E-state index in [1.807, 2.05) is 6.07 Å². The summed E-state index contributed by atoms with van der Waals surface area (Å²) in [6.45, 7) is 6.48. The van der Waals surface area contributed by atoms with E-state index < -0.39 is 36.1 Å². The molecule has 1 fully saturated rings. The first-order valence-electron chi connectivity index (χ1n) is 14.2. The lowest BCUT2D eigenvalue weighted by Gasteiger charge is -2.38. The molecule has 4 heterocycles. The maximum Gasteiger partial charge on any atom is 0.416 e. The van der Waals surface area contributed by atoms with Crippen LogP contribution in [0.4, 0.5) is 35.0 Å². The van der Waals surface area contributed by atoms with Gasteiger partial charge in [0.15, 0.2) is 17.4 Å². The summed E-state index contributed by atoms with van der Waals surface area (Å²) in [6.07, 6.45) is -0.800. The second kappa shape index (κ2) is 12.3. The predicted molar refractivity (Wildman–Crippen MR) is 155 cm³/mol. The normalized spacial score (nSPS) is 17.1. The van der Waals surface area contributed by atoms with Gasteiger partial charge in [-0.1, -0.05) is 6.07 Å². The molecule has 43 heavy (non-hydrogen) atoms. The van der Waals surface area contributed by atoms with Gasteiger partial charge in [-0.15, -0.1) is 0 Å². The van der Waals surface area contributed by atoms with Crippen molar-refractivity contribution in [1.29, 1.82) is 5.26 Å². The van der Waals surface area contributed by atoms with Gasteiger partial charge in [0.2, 0.25) is 5.95 Å². The molecule has 0 bridgehead atoms. The Morgan fingerprint density at radius 1 is 1.14 bits per heavy atom. The van der Waals surface area contributed by atoms with Crippen LogP contribution in [0.3, 0.4) is 0 Å². The average molecular weight is 599 g/mol. The first kappa shape index (κ1) is 30.4. The van der Waals surface area contributed by atoms with Gasteiger partial charge in [-0.05, 0) is 83.6 Å². The highest BCUT2D eigenvalue weighted by Gasteiger charge is 2.43. The minimum atomic E-state index is -3.58. The number of nitrogens with one attached hydrogen (secondary N) is 1. The number of anilines is 3. The summed E-state index contributed by atoms with van der Waals surface area (Å²) < 4.78 is 62.8. The third-order valence-corrected chi connectivity index (χ3v) is 7.74. The Labute approximate surface area is 248 Å². The van der Waals surface area contributed by atoms with E-state index in [0.29, 0.717) is 11.5 Å². The zero-order chi connectivity index (χ0) is 30.9. The van der Waals surface area contributed by atoms with Crippen LogP contribution in [0.1, 0.15) is 43.9 Å². The lowest BCUT2D eigenvalue weighted by atomic mass is 9.88. The lowest BCUT2D eigenvalue weighted by molar-refractivity contribution is -0.174. The van der Waals surface area contributed by atoms with E-state index in [0.717, 1.165) is 56.8 Å². The van der Waals surface area contributed by atoms with E-state index in [9.17, 15) is 18.4 Å². The van der Waals surface area contributed by atoms with Crippen molar-refractivity contribution in [3.05, 3.63) is 53.4 Å². The number of rotatable bonds is 8. The van der Waals surface area contributed by atoms with E-state index in [2.05, 4.69) is 55.0 Å². The number of nitriles is 1. The van der Waals surface area contributed by atoms with Crippen LogP contribution in [0.25, 0.3) is 11.3 Å². The molecule has 5 rings (SSSR count). The van der Waals surface area contributed by atoms with Crippen molar-refractivity contribution < 1.29 is 22.3 Å². The van der Waals surface area contributed by atoms with Crippen LogP contribution in [-0.2, 0) is 0 Å². The molecule has 1 aromatic carbocycles. The monoisotopic (exact) mass is 598 g/mol. The molecule has 1 N–H and O–H groups in total. The molecule has 2 aromatic heterocycles. The summed E-state index contributed by atoms with van der Waals surface area (Å²) in [4.78, 5) is 18.5. The topological polar surface area (TPSA) is 93.4 Å². The SMILES string of the molecule is CC(C)N1CC(F)(F)Oc2c(F)cc(-c3nc(Nc4ccc(C5CCN(CCN(C)C)CC5)c(C#N)n4)ncc3F)cc21. The number of likely N-dealkylation sites (tertiary alicyclic amines) is 1. The van der Waals surface area contributed by atoms with Crippen molar-refractivity contribution in [1.82, 2.24) is 24.8 Å². The van der Waals surface area contributed by atoms with Gasteiger partial charge in [0.05, 0.1) is 11.9 Å². The van der Waals surface area contributed by atoms with Crippen molar-refractivity contribution in [3.63, 3.8) is 0 Å². The molecule has 0 radical (unpaired) electrons. The molecule has 0 saturated carbocycles. The van der Waals surface area contributed by atoms with Gasteiger partial charge < -0.3 is 24.8 Å². The van der Waals surface area contributed by atoms with Crippen LogP contribution >= 0.6 is 0 Å². The number of aromatic nitrogens is 3. The highest BCUT2D eigenvalue weighted by Crippen LogP contribution is 2.44. The number of nitrogens with zero attached hydrogens (tertiary/aromatic N) is 7. The molecule has 0 amide bonds. The fourth-order valence-electron chi connectivity index (χ4n) is 5.47. The van der Waals surface area contributed by atoms with Crippen LogP contribution in [0.5, 0.6) is 5.75 Å². The Balaban J connectivity index is 1.36. The van der Waals surface area contributed by atoms with Crippen LogP contribution < -0.4 is 15.0 Å². The third kappa shape index (κ3) is 6.81. The van der Waals surface area contributed by atoms with Gasteiger partial charge in [-0.25, -0.2) is 23.7 Å². The van der Waals surface area contributed by atoms with Gasteiger partial charge >= 0.3 is 6.11 Å². The predicted octanol–water partition coefficient (Wildman–Crippen LogP) is 5.37. The Morgan fingerprint density at radius 2 is 1.88 bits per heavy atom. The number of halogens is 4. The summed E-state index contributed by atoms with van der Waals surface area (Å²) in [7, 11) is 4.11. The van der Waals surface area contributed by atoms with Crippen molar-refractivity contribution in [3.8, 4) is 23.1 Å². The largest absolute Gasteiger partial charge is 0.426 e. The second-order valence-corrected chi connectivity index (χ2v) is 11.4. The zero-order valence-electron chi connectivity index (χ0n) is 24.5. The van der Waals surface area contributed by atoms with Crippen LogP contribution in [0, 0.1) is 23.0 Å². The molecule has 9 nitrogen and oxygen atoms in total. The summed E-state index contributed by atoms with van der Waals surface area (Å²) in [6, 6.07) is 7.64. The Hall–Kier alpha value is -4.02. The fourth-order valence-corrected chi connectivity index (χ4v) is 5.47. The lowest BCUT2D eigenvalue weighted by Crippen LogP contribution is -2.48. The molecule has 2 aliphatic rings. The van der Waals surface area contributed by atoms with Crippen LogP contribution in [0.15, 0.2) is 30.5 Å². The smallest absolute Gasteiger partial charge is 0.416 e. The van der Waals surface area contributed by atoms with E-state index in [-0.39, 0.29) is 28.8 Å². The number of likely N-dealkylation sites (N-methyl/N-ethyl adjacent to an activating group) is 1. The molecular weight excluding hydrogens is 564 g/mol. The van der Waals surface area contributed by atoms with Gasteiger partial charge in [0, 0.05) is 24.7 Å². The number of ether oxygens (including phenoxy) is 1. The van der Waals surface area contributed by atoms with Crippen LogP contribution in [-0.4, -0.2) is 83.7 Å². The Kier molecular flexibility index (Phi) is 8.71. The second-order valence-electron chi connectivity index (χ2n) is 11.4. The number of benzene rings is 1. The van der Waals surface area contributed by atoms with Crippen molar-refractivity contribution >= 4 is 17.5 Å². The van der Waals surface area contributed by atoms with Gasteiger partial charge in [0.1, 0.15) is 29.8 Å². The number of hydrogen-bond donors (Lipinski definition) is 1. The summed E-state index contributed by atoms with van der Waals surface area (Å²) in [5.41, 5.74) is 1.03. The fraction of sp³-hybridized carbons (Fsp3) is 0.467. The van der Waals surface area contributed by atoms with Crippen molar-refractivity contribution in [2.45, 2.75) is 44.8 Å². The number of fused-ring (bicyclic) bond motifs is 1. The minimum Gasteiger partial charge on any atom is -0.426 e. The molecule has 0 spiro atoms. The van der Waals surface area contributed by atoms with Gasteiger partial charge in [-0.2, -0.15) is 14.0 Å². The third-order valence-electron chi connectivity index (χ3n) is 7.74. The van der Waals surface area contributed by atoms with Crippen molar-refractivity contribution in [2.24, 2.45) is 0 Å². The molecule has 0 unspecified atom stereocenters. The van der Waals surface area contributed by atoms with Gasteiger partial charge in [0.25, 0.3) is 0 Å². The van der Waals surface area contributed by atoms with Gasteiger partial charge in [-0.3, -0.25) is 0 Å². The zero-order valence-corrected chi connectivity index (χ0v) is 24.5. The Morgan fingerprint density at radius 3 is 2.56 bits per heavy atom. The number of hydrogen-bond acceptors (Lipinski definition) is 9. The van der Waals surface area contributed by atoms with Crippen molar-refractivity contribution in [2.75, 3.05) is 57.0 Å². The van der Waals surface area contributed by atoms with E-state index >= 15 is 4.39 Å². The standard InChI is InChI=1S/C30H34F4N8O/c1-18(2)42-17-30(33,34)43-28-22(31)13-20(14-25(28)42)27-23(32)16-36-29(39-27)38-26-6-5-21(24(15-35)37-26)19-7-9-41(10-8-19)12-11-40(3)4/h5-6,13-14,16,18-19H,7-12,17H2,1-4H3,(H,36,37,38,39).